The van der Waals surface area contributed by atoms with Crippen LogP contribution in [0.2, 0.25) is 0 Å². The minimum Gasteiger partial charge on any atom is -0.274 e. The SMILES string of the molecule is CCC(C)(C#N)N1C(=O)C2CCCCC2C1=O. The van der Waals surface area contributed by atoms with Crippen molar-refractivity contribution in [1.29, 1.82) is 5.26 Å². The maximum absolute atomic E-state index is 12.3. The minimum atomic E-state index is -0.967. The molecule has 2 fully saturated rings. The number of carbonyl (C=O) groups excluding carboxylic acids is 2. The summed E-state index contributed by atoms with van der Waals surface area (Å²) >= 11 is 0. The molecule has 0 aromatic rings. The maximum Gasteiger partial charge on any atom is 0.234 e. The fourth-order valence-electron chi connectivity index (χ4n) is 2.94. The summed E-state index contributed by atoms with van der Waals surface area (Å²) in [5.41, 5.74) is -0.967. The summed E-state index contributed by atoms with van der Waals surface area (Å²) < 4.78 is 0. The predicted molar refractivity (Wildman–Crippen MR) is 61.6 cm³/mol. The molecule has 2 rings (SSSR count). The van der Waals surface area contributed by atoms with Gasteiger partial charge in [0.25, 0.3) is 0 Å². The van der Waals surface area contributed by atoms with Crippen molar-refractivity contribution in [2.45, 2.75) is 51.5 Å². The van der Waals surface area contributed by atoms with E-state index in [2.05, 4.69) is 6.07 Å². The van der Waals surface area contributed by atoms with Gasteiger partial charge in [0.2, 0.25) is 11.8 Å². The van der Waals surface area contributed by atoms with Crippen LogP contribution in [0.5, 0.6) is 0 Å². The molecule has 2 aliphatic rings. The minimum absolute atomic E-state index is 0.120. The van der Waals surface area contributed by atoms with Crippen LogP contribution in [0.25, 0.3) is 0 Å². The van der Waals surface area contributed by atoms with Gasteiger partial charge < -0.3 is 0 Å². The molecular weight excluding hydrogens is 216 g/mol. The Morgan fingerprint density at radius 3 is 2.12 bits per heavy atom. The largest absolute Gasteiger partial charge is 0.274 e. The van der Waals surface area contributed by atoms with E-state index in [1.54, 1.807) is 6.92 Å². The predicted octanol–water partition coefficient (Wildman–Crippen LogP) is 1.85. The van der Waals surface area contributed by atoms with Gasteiger partial charge in [-0.2, -0.15) is 5.26 Å². The molecule has 0 N–H and O–H groups in total. The zero-order valence-corrected chi connectivity index (χ0v) is 10.4. The number of imide groups is 1. The van der Waals surface area contributed by atoms with Crippen molar-refractivity contribution in [1.82, 2.24) is 4.90 Å². The molecule has 1 saturated carbocycles. The Bertz CT molecular complexity index is 375. The molecule has 0 aromatic heterocycles. The average Bonchev–Trinajstić information content (AvgIpc) is 2.62. The molecule has 0 aromatic carbocycles. The van der Waals surface area contributed by atoms with Crippen LogP contribution in [0.1, 0.15) is 46.0 Å². The molecular formula is C13H18N2O2. The summed E-state index contributed by atoms with van der Waals surface area (Å²) in [6.07, 6.45) is 4.13. The van der Waals surface area contributed by atoms with E-state index in [0.717, 1.165) is 25.7 Å². The maximum atomic E-state index is 12.3. The Kier molecular flexibility index (Phi) is 2.94. The summed E-state index contributed by atoms with van der Waals surface area (Å²) in [5, 5.41) is 9.22. The lowest BCUT2D eigenvalue weighted by Crippen LogP contribution is -2.49. The second-order valence-corrected chi connectivity index (χ2v) is 5.25. The second kappa shape index (κ2) is 4.14. The zero-order valence-electron chi connectivity index (χ0n) is 10.4. The highest BCUT2D eigenvalue weighted by Crippen LogP contribution is 2.41. The van der Waals surface area contributed by atoms with E-state index in [4.69, 9.17) is 0 Å². The van der Waals surface area contributed by atoms with Crippen molar-refractivity contribution in [3.8, 4) is 6.07 Å². The van der Waals surface area contributed by atoms with Crippen LogP contribution < -0.4 is 0 Å². The van der Waals surface area contributed by atoms with Crippen LogP contribution in [0, 0.1) is 23.2 Å². The molecule has 92 valence electrons. The smallest absolute Gasteiger partial charge is 0.234 e. The van der Waals surface area contributed by atoms with Gasteiger partial charge in [-0.15, -0.1) is 0 Å². The Morgan fingerprint density at radius 2 is 1.76 bits per heavy atom. The molecule has 4 nitrogen and oxygen atoms in total. The average molecular weight is 234 g/mol. The summed E-state index contributed by atoms with van der Waals surface area (Å²) in [6, 6.07) is 2.12. The van der Waals surface area contributed by atoms with Crippen molar-refractivity contribution < 1.29 is 9.59 Å². The Hall–Kier alpha value is -1.37. The lowest BCUT2D eigenvalue weighted by Gasteiger charge is -2.30. The topological polar surface area (TPSA) is 61.2 Å². The molecule has 0 bridgehead atoms. The molecule has 1 saturated heterocycles. The van der Waals surface area contributed by atoms with Crippen LogP contribution in [-0.4, -0.2) is 22.3 Å². The van der Waals surface area contributed by atoms with E-state index < -0.39 is 5.54 Å². The molecule has 4 heteroatoms. The fraction of sp³-hybridized carbons (Fsp3) is 0.769. The zero-order chi connectivity index (χ0) is 12.6. The molecule has 3 atom stereocenters. The molecule has 1 aliphatic carbocycles. The first kappa shape index (κ1) is 12.1. The molecule has 2 amide bonds. The highest BCUT2D eigenvalue weighted by Gasteiger charge is 2.53. The lowest BCUT2D eigenvalue weighted by molar-refractivity contribution is -0.144. The van der Waals surface area contributed by atoms with Crippen LogP contribution in [0.3, 0.4) is 0 Å². The first-order valence-corrected chi connectivity index (χ1v) is 6.34. The van der Waals surface area contributed by atoms with E-state index in [9.17, 15) is 14.9 Å². The number of nitrogens with zero attached hydrogens (tertiary/aromatic N) is 2. The van der Waals surface area contributed by atoms with Crippen LogP contribution in [-0.2, 0) is 9.59 Å². The molecule has 0 radical (unpaired) electrons. The third kappa shape index (κ3) is 1.65. The lowest BCUT2D eigenvalue weighted by atomic mass is 9.81. The first-order chi connectivity index (χ1) is 8.05. The number of likely N-dealkylation sites (tertiary alicyclic amines) is 1. The Morgan fingerprint density at radius 1 is 1.29 bits per heavy atom. The van der Waals surface area contributed by atoms with Gasteiger partial charge in [0, 0.05) is 0 Å². The van der Waals surface area contributed by atoms with Crippen molar-refractivity contribution in [2.24, 2.45) is 11.8 Å². The number of hydrogen-bond acceptors (Lipinski definition) is 3. The first-order valence-electron chi connectivity index (χ1n) is 6.34. The standard InChI is InChI=1S/C13H18N2O2/c1-3-13(2,8-14)15-11(16)9-6-4-5-7-10(9)12(15)17/h9-10H,3-7H2,1-2H3. The Balaban J connectivity index is 2.34. The molecule has 1 heterocycles. The number of amides is 2. The van der Waals surface area contributed by atoms with E-state index in [0.29, 0.717) is 6.42 Å². The summed E-state index contributed by atoms with van der Waals surface area (Å²) in [5.74, 6) is -0.554. The van der Waals surface area contributed by atoms with Crippen molar-refractivity contribution >= 4 is 11.8 Å². The van der Waals surface area contributed by atoms with Gasteiger partial charge in [-0.05, 0) is 26.2 Å². The monoisotopic (exact) mass is 234 g/mol. The van der Waals surface area contributed by atoms with E-state index in [1.165, 1.54) is 4.90 Å². The van der Waals surface area contributed by atoms with Crippen LogP contribution in [0.4, 0.5) is 0 Å². The van der Waals surface area contributed by atoms with Gasteiger partial charge in [0.1, 0.15) is 5.54 Å². The summed E-state index contributed by atoms with van der Waals surface area (Å²) in [4.78, 5) is 25.8. The van der Waals surface area contributed by atoms with Crippen molar-refractivity contribution in [3.63, 3.8) is 0 Å². The number of fused-ring (bicyclic) bond motifs is 1. The quantitative estimate of drug-likeness (QED) is 0.685. The van der Waals surface area contributed by atoms with Crippen LogP contribution >= 0.6 is 0 Å². The molecule has 3 unspecified atom stereocenters. The highest BCUT2D eigenvalue weighted by atomic mass is 16.2. The number of rotatable bonds is 2. The number of hydrogen-bond donors (Lipinski definition) is 0. The Labute approximate surface area is 102 Å². The van der Waals surface area contributed by atoms with Gasteiger partial charge >= 0.3 is 0 Å². The van der Waals surface area contributed by atoms with Gasteiger partial charge in [-0.3, -0.25) is 14.5 Å². The van der Waals surface area contributed by atoms with E-state index in [-0.39, 0.29) is 23.7 Å². The molecule has 0 spiro atoms. The summed E-state index contributed by atoms with van der Waals surface area (Å²) in [6.45, 7) is 3.52. The summed E-state index contributed by atoms with van der Waals surface area (Å²) in [7, 11) is 0. The molecule has 17 heavy (non-hydrogen) atoms. The van der Waals surface area contributed by atoms with Gasteiger partial charge in [0.15, 0.2) is 0 Å². The van der Waals surface area contributed by atoms with E-state index >= 15 is 0 Å². The van der Waals surface area contributed by atoms with Crippen molar-refractivity contribution in [2.75, 3.05) is 0 Å². The fourth-order valence-corrected chi connectivity index (χ4v) is 2.94. The van der Waals surface area contributed by atoms with Gasteiger partial charge in [0.05, 0.1) is 17.9 Å². The second-order valence-electron chi connectivity index (χ2n) is 5.25. The third-order valence-electron chi connectivity index (χ3n) is 4.26. The number of nitriles is 1. The highest BCUT2D eigenvalue weighted by molar-refractivity contribution is 6.06. The normalized spacial score (nSPS) is 31.9. The third-order valence-corrected chi connectivity index (χ3v) is 4.26. The van der Waals surface area contributed by atoms with Gasteiger partial charge in [-0.25, -0.2) is 0 Å². The number of carbonyl (C=O) groups is 2. The van der Waals surface area contributed by atoms with Crippen LogP contribution in [0.15, 0.2) is 0 Å². The van der Waals surface area contributed by atoms with E-state index in [1.807, 2.05) is 6.92 Å². The molecule has 1 aliphatic heterocycles. The van der Waals surface area contributed by atoms with Gasteiger partial charge in [-0.1, -0.05) is 19.8 Å². The van der Waals surface area contributed by atoms with Crippen molar-refractivity contribution in [3.05, 3.63) is 0 Å².